The molecule has 126 valence electrons. The Morgan fingerprint density at radius 1 is 1.00 bits per heavy atom. The average Bonchev–Trinajstić information content (AvgIpc) is 2.99. The Kier molecular flexibility index (Phi) is 3.79. The summed E-state index contributed by atoms with van der Waals surface area (Å²) in [5, 5.41) is 2.16. The van der Waals surface area contributed by atoms with E-state index in [1.54, 1.807) is 0 Å². The Balaban J connectivity index is 1.99. The summed E-state index contributed by atoms with van der Waals surface area (Å²) in [7, 11) is 0. The molecule has 4 rings (SSSR count). The second-order valence-corrected chi connectivity index (χ2v) is 6.88. The number of benzene rings is 1. The number of aryl methyl sites for hydroxylation is 2. The van der Waals surface area contributed by atoms with Crippen LogP contribution in [-0.4, -0.2) is 9.97 Å². The molecule has 3 aromatic heterocycles. The number of nitrogens with zero attached hydrogens (tertiary/aromatic N) is 2. The van der Waals surface area contributed by atoms with Crippen molar-refractivity contribution < 1.29 is 4.42 Å². The van der Waals surface area contributed by atoms with Gasteiger partial charge >= 0.3 is 0 Å². The van der Waals surface area contributed by atoms with Crippen LogP contribution in [0.2, 0.25) is 0 Å². The summed E-state index contributed by atoms with van der Waals surface area (Å²) in [5.74, 6) is 0.377. The molecule has 25 heavy (non-hydrogen) atoms. The third-order valence-electron chi connectivity index (χ3n) is 4.82. The third kappa shape index (κ3) is 2.60. The number of hydrogen-bond donors (Lipinski definition) is 0. The first kappa shape index (κ1) is 15.8. The summed E-state index contributed by atoms with van der Waals surface area (Å²) in [6.07, 6.45) is 2.94. The van der Waals surface area contributed by atoms with Crippen molar-refractivity contribution in [1.29, 1.82) is 0 Å². The molecule has 0 amide bonds. The van der Waals surface area contributed by atoms with Crippen LogP contribution in [0.5, 0.6) is 0 Å². The molecule has 0 saturated carbocycles. The zero-order chi connectivity index (χ0) is 17.6. The van der Waals surface area contributed by atoms with Gasteiger partial charge < -0.3 is 4.42 Å². The normalized spacial score (nSPS) is 11.7. The van der Waals surface area contributed by atoms with Crippen LogP contribution in [0.1, 0.15) is 43.5 Å². The summed E-state index contributed by atoms with van der Waals surface area (Å²) >= 11 is 0. The van der Waals surface area contributed by atoms with Crippen LogP contribution in [0, 0.1) is 6.92 Å². The standard InChI is InChI=1S/C22H22N2O/c1-5-15-7-10-19(23-12-15)20-14(4)6-8-16-17-9-11-18(13(2)3)24-22(17)25-21(16)20/h6-13H,5H2,1-4H3. The molecule has 4 aromatic rings. The molecule has 0 saturated heterocycles. The van der Waals surface area contributed by atoms with Gasteiger partial charge in [0.15, 0.2) is 0 Å². The van der Waals surface area contributed by atoms with Crippen molar-refractivity contribution in [2.45, 2.75) is 40.0 Å². The van der Waals surface area contributed by atoms with Crippen LogP contribution in [0.15, 0.2) is 47.0 Å². The van der Waals surface area contributed by atoms with Crippen molar-refractivity contribution >= 4 is 22.1 Å². The Morgan fingerprint density at radius 2 is 1.80 bits per heavy atom. The Morgan fingerprint density at radius 3 is 2.48 bits per heavy atom. The summed E-state index contributed by atoms with van der Waals surface area (Å²) in [4.78, 5) is 9.38. The van der Waals surface area contributed by atoms with Gasteiger partial charge in [0.05, 0.1) is 5.69 Å². The summed E-state index contributed by atoms with van der Waals surface area (Å²) < 4.78 is 6.22. The van der Waals surface area contributed by atoms with Crippen LogP contribution < -0.4 is 0 Å². The third-order valence-corrected chi connectivity index (χ3v) is 4.82. The predicted molar refractivity (Wildman–Crippen MR) is 103 cm³/mol. The van der Waals surface area contributed by atoms with Crippen molar-refractivity contribution in [2.75, 3.05) is 0 Å². The average molecular weight is 330 g/mol. The van der Waals surface area contributed by atoms with E-state index < -0.39 is 0 Å². The van der Waals surface area contributed by atoms with E-state index in [1.807, 2.05) is 6.20 Å². The van der Waals surface area contributed by atoms with Crippen LogP contribution in [0.3, 0.4) is 0 Å². The van der Waals surface area contributed by atoms with E-state index in [-0.39, 0.29) is 0 Å². The fraction of sp³-hybridized carbons (Fsp3) is 0.273. The van der Waals surface area contributed by atoms with Gasteiger partial charge in [-0.2, -0.15) is 0 Å². The Labute approximate surface area is 147 Å². The van der Waals surface area contributed by atoms with Crippen LogP contribution in [0.4, 0.5) is 0 Å². The number of fused-ring (bicyclic) bond motifs is 3. The van der Waals surface area contributed by atoms with Gasteiger partial charge in [-0.05, 0) is 48.6 Å². The summed E-state index contributed by atoms with van der Waals surface area (Å²) in [5.41, 5.74) is 7.04. The van der Waals surface area contributed by atoms with Gasteiger partial charge in [0.2, 0.25) is 5.71 Å². The maximum Gasteiger partial charge on any atom is 0.227 e. The molecule has 0 aliphatic heterocycles. The fourth-order valence-electron chi connectivity index (χ4n) is 3.25. The number of pyridine rings is 2. The van der Waals surface area contributed by atoms with Crippen LogP contribution in [-0.2, 0) is 6.42 Å². The molecule has 0 aliphatic rings. The summed E-state index contributed by atoms with van der Waals surface area (Å²) in [6.45, 7) is 8.53. The quantitative estimate of drug-likeness (QED) is 0.460. The minimum atomic E-state index is 0.377. The van der Waals surface area contributed by atoms with E-state index in [9.17, 15) is 0 Å². The van der Waals surface area contributed by atoms with Gasteiger partial charge in [-0.3, -0.25) is 4.98 Å². The topological polar surface area (TPSA) is 38.9 Å². The van der Waals surface area contributed by atoms with E-state index in [4.69, 9.17) is 9.40 Å². The molecular formula is C22H22N2O. The van der Waals surface area contributed by atoms with Gasteiger partial charge in [-0.25, -0.2) is 4.98 Å². The first-order chi connectivity index (χ1) is 12.1. The second-order valence-electron chi connectivity index (χ2n) is 6.88. The molecule has 0 fully saturated rings. The first-order valence-electron chi connectivity index (χ1n) is 8.86. The largest absolute Gasteiger partial charge is 0.437 e. The Bertz CT molecular complexity index is 1060. The molecule has 0 aliphatic carbocycles. The van der Waals surface area contributed by atoms with E-state index in [2.05, 4.69) is 69.1 Å². The van der Waals surface area contributed by atoms with Gasteiger partial charge in [0.1, 0.15) is 5.58 Å². The van der Waals surface area contributed by atoms with Crippen molar-refractivity contribution in [3.05, 3.63) is 59.4 Å². The molecule has 0 atom stereocenters. The number of furan rings is 1. The minimum absolute atomic E-state index is 0.377. The molecule has 3 heteroatoms. The zero-order valence-electron chi connectivity index (χ0n) is 15.1. The Hall–Kier alpha value is -2.68. The maximum atomic E-state index is 6.22. The van der Waals surface area contributed by atoms with Crippen molar-refractivity contribution in [1.82, 2.24) is 9.97 Å². The lowest BCUT2D eigenvalue weighted by molar-refractivity contribution is 0.648. The van der Waals surface area contributed by atoms with E-state index in [0.717, 1.165) is 45.3 Å². The highest BCUT2D eigenvalue weighted by molar-refractivity contribution is 6.08. The van der Waals surface area contributed by atoms with E-state index >= 15 is 0 Å². The van der Waals surface area contributed by atoms with Gasteiger partial charge in [-0.15, -0.1) is 0 Å². The number of aromatic nitrogens is 2. The lowest BCUT2D eigenvalue weighted by Gasteiger charge is -2.06. The number of hydrogen-bond acceptors (Lipinski definition) is 3. The van der Waals surface area contributed by atoms with Gasteiger partial charge in [-0.1, -0.05) is 39.0 Å². The molecule has 3 nitrogen and oxygen atoms in total. The van der Waals surface area contributed by atoms with Crippen LogP contribution in [0.25, 0.3) is 33.3 Å². The highest BCUT2D eigenvalue weighted by Crippen LogP contribution is 2.37. The molecular weight excluding hydrogens is 308 g/mol. The maximum absolute atomic E-state index is 6.22. The zero-order valence-corrected chi connectivity index (χ0v) is 15.1. The molecule has 0 spiro atoms. The highest BCUT2D eigenvalue weighted by Gasteiger charge is 2.17. The molecule has 0 unspecified atom stereocenters. The fourth-order valence-corrected chi connectivity index (χ4v) is 3.25. The van der Waals surface area contributed by atoms with Crippen molar-refractivity contribution in [3.8, 4) is 11.3 Å². The first-order valence-corrected chi connectivity index (χ1v) is 8.86. The van der Waals surface area contributed by atoms with Gasteiger partial charge in [0, 0.05) is 28.2 Å². The summed E-state index contributed by atoms with van der Waals surface area (Å²) in [6, 6.07) is 12.7. The molecule has 0 bridgehead atoms. The minimum Gasteiger partial charge on any atom is -0.437 e. The number of rotatable bonds is 3. The monoisotopic (exact) mass is 330 g/mol. The van der Waals surface area contributed by atoms with Crippen molar-refractivity contribution in [2.24, 2.45) is 0 Å². The van der Waals surface area contributed by atoms with Crippen molar-refractivity contribution in [3.63, 3.8) is 0 Å². The lowest BCUT2D eigenvalue weighted by atomic mass is 10.0. The molecule has 0 N–H and O–H groups in total. The predicted octanol–water partition coefficient (Wildman–Crippen LogP) is 6.04. The van der Waals surface area contributed by atoms with E-state index in [0.29, 0.717) is 11.6 Å². The second kappa shape index (κ2) is 5.99. The smallest absolute Gasteiger partial charge is 0.227 e. The lowest BCUT2D eigenvalue weighted by Crippen LogP contribution is -1.90. The molecule has 3 heterocycles. The van der Waals surface area contributed by atoms with E-state index in [1.165, 1.54) is 5.56 Å². The SMILES string of the molecule is CCc1ccc(-c2c(C)ccc3c2oc2nc(C(C)C)ccc23)nc1. The highest BCUT2D eigenvalue weighted by atomic mass is 16.3. The van der Waals surface area contributed by atoms with Gasteiger partial charge in [0.25, 0.3) is 0 Å². The van der Waals surface area contributed by atoms with Crippen LogP contribution >= 0.6 is 0 Å². The molecule has 0 radical (unpaired) electrons. The molecule has 1 aromatic carbocycles.